The molecule has 1 N–H and O–H groups in total. The molecular formula is C15H20O3. The molecule has 18 heavy (non-hydrogen) atoms. The maximum atomic E-state index is 11.3. The zero-order chi connectivity index (χ0) is 13.0. The van der Waals surface area contributed by atoms with Crippen LogP contribution in [0.3, 0.4) is 0 Å². The van der Waals surface area contributed by atoms with E-state index in [9.17, 15) is 9.90 Å². The first-order valence-electron chi connectivity index (χ1n) is 6.57. The monoisotopic (exact) mass is 248 g/mol. The van der Waals surface area contributed by atoms with Crippen LogP contribution in [0.2, 0.25) is 0 Å². The summed E-state index contributed by atoms with van der Waals surface area (Å²) in [5.74, 6) is -1.07. The first-order valence-corrected chi connectivity index (χ1v) is 6.57. The van der Waals surface area contributed by atoms with E-state index in [1.807, 2.05) is 37.3 Å². The van der Waals surface area contributed by atoms with Crippen molar-refractivity contribution >= 4 is 5.97 Å². The largest absolute Gasteiger partial charge is 0.481 e. The summed E-state index contributed by atoms with van der Waals surface area (Å²) in [5.41, 5.74) is 1.08. The highest BCUT2D eigenvalue weighted by Gasteiger charge is 2.28. The molecule has 98 valence electrons. The molecule has 3 heteroatoms. The Bertz CT molecular complexity index is 388. The lowest BCUT2D eigenvalue weighted by atomic mass is 9.93. The van der Waals surface area contributed by atoms with E-state index >= 15 is 0 Å². The van der Waals surface area contributed by atoms with Gasteiger partial charge in [0.1, 0.15) is 0 Å². The lowest BCUT2D eigenvalue weighted by Crippen LogP contribution is -2.23. The van der Waals surface area contributed by atoms with Crippen molar-refractivity contribution in [3.63, 3.8) is 0 Å². The van der Waals surface area contributed by atoms with Gasteiger partial charge in [0.25, 0.3) is 0 Å². The van der Waals surface area contributed by atoms with Gasteiger partial charge in [-0.2, -0.15) is 0 Å². The predicted molar refractivity (Wildman–Crippen MR) is 69.5 cm³/mol. The first kappa shape index (κ1) is 13.1. The highest BCUT2D eigenvalue weighted by atomic mass is 16.5. The summed E-state index contributed by atoms with van der Waals surface area (Å²) in [6.07, 6.45) is 3.63. The Hall–Kier alpha value is -1.35. The van der Waals surface area contributed by atoms with Crippen molar-refractivity contribution in [1.82, 2.24) is 0 Å². The molecule has 3 atom stereocenters. The van der Waals surface area contributed by atoms with Crippen molar-refractivity contribution in [3.8, 4) is 0 Å². The molecule has 3 nitrogen and oxygen atoms in total. The van der Waals surface area contributed by atoms with E-state index in [1.165, 1.54) is 0 Å². The molecule has 1 saturated heterocycles. The first-order chi connectivity index (χ1) is 8.65. The molecule has 0 aliphatic carbocycles. The maximum Gasteiger partial charge on any atom is 0.306 e. The lowest BCUT2D eigenvalue weighted by Gasteiger charge is -2.17. The van der Waals surface area contributed by atoms with Crippen LogP contribution < -0.4 is 0 Å². The second-order valence-corrected chi connectivity index (χ2v) is 5.11. The zero-order valence-electron chi connectivity index (χ0n) is 10.7. The maximum absolute atomic E-state index is 11.3. The molecule has 0 aromatic heterocycles. The minimum atomic E-state index is -0.720. The third-order valence-electron chi connectivity index (χ3n) is 3.54. The highest BCUT2D eigenvalue weighted by Crippen LogP contribution is 2.26. The Morgan fingerprint density at radius 1 is 1.39 bits per heavy atom. The molecule has 0 radical (unpaired) electrons. The average Bonchev–Trinajstić information content (AvgIpc) is 2.75. The Morgan fingerprint density at radius 3 is 2.67 bits per heavy atom. The fourth-order valence-electron chi connectivity index (χ4n) is 2.55. The number of hydrogen-bond acceptors (Lipinski definition) is 2. The quantitative estimate of drug-likeness (QED) is 0.871. The van der Waals surface area contributed by atoms with E-state index in [4.69, 9.17) is 4.74 Å². The summed E-state index contributed by atoms with van der Waals surface area (Å²) in [6, 6.07) is 9.80. The smallest absolute Gasteiger partial charge is 0.306 e. The van der Waals surface area contributed by atoms with Crippen LogP contribution in [0, 0.1) is 5.92 Å². The van der Waals surface area contributed by atoms with Gasteiger partial charge >= 0.3 is 5.97 Å². The molecule has 3 unspecified atom stereocenters. The summed E-state index contributed by atoms with van der Waals surface area (Å²) < 4.78 is 5.72. The molecule has 0 bridgehead atoms. The van der Waals surface area contributed by atoms with Gasteiger partial charge in [-0.3, -0.25) is 4.79 Å². The molecule has 0 amide bonds. The number of carboxylic acid groups (broad SMARTS) is 1. The molecule has 1 fully saturated rings. The van der Waals surface area contributed by atoms with E-state index in [2.05, 4.69) is 0 Å². The van der Waals surface area contributed by atoms with Crippen LogP contribution in [-0.4, -0.2) is 23.3 Å². The molecular weight excluding hydrogens is 228 g/mol. The zero-order valence-corrected chi connectivity index (χ0v) is 10.7. The fraction of sp³-hybridized carbons (Fsp3) is 0.533. The van der Waals surface area contributed by atoms with Crippen LogP contribution in [0.4, 0.5) is 0 Å². The van der Waals surface area contributed by atoms with Crippen LogP contribution >= 0.6 is 0 Å². The second-order valence-electron chi connectivity index (χ2n) is 5.11. The van der Waals surface area contributed by atoms with Crippen LogP contribution in [0.5, 0.6) is 0 Å². The minimum Gasteiger partial charge on any atom is -0.481 e. The standard InChI is InChI=1S/C15H20O3/c1-11-7-8-14(18-11)10-13(15(16)17)9-12-5-3-2-4-6-12/h2-6,11,13-14H,7-10H2,1H3,(H,16,17). The van der Waals surface area contributed by atoms with Gasteiger partial charge < -0.3 is 9.84 Å². The van der Waals surface area contributed by atoms with Gasteiger partial charge in [0.2, 0.25) is 0 Å². The second kappa shape index (κ2) is 6.01. The number of aliphatic carboxylic acids is 1. The van der Waals surface area contributed by atoms with Gasteiger partial charge in [-0.15, -0.1) is 0 Å². The molecule has 1 aliphatic rings. The van der Waals surface area contributed by atoms with Gasteiger partial charge in [-0.1, -0.05) is 30.3 Å². The Balaban J connectivity index is 1.94. The summed E-state index contributed by atoms with van der Waals surface area (Å²) >= 11 is 0. The Kier molecular flexibility index (Phi) is 4.37. The van der Waals surface area contributed by atoms with Crippen molar-refractivity contribution in [1.29, 1.82) is 0 Å². The third kappa shape index (κ3) is 3.57. The fourth-order valence-corrected chi connectivity index (χ4v) is 2.55. The van der Waals surface area contributed by atoms with Crippen molar-refractivity contribution in [2.24, 2.45) is 5.92 Å². The number of rotatable bonds is 5. The summed E-state index contributed by atoms with van der Waals surface area (Å²) in [4.78, 5) is 11.3. The SMILES string of the molecule is CC1CCC(CC(Cc2ccccc2)C(=O)O)O1. The van der Waals surface area contributed by atoms with E-state index in [1.54, 1.807) is 0 Å². The van der Waals surface area contributed by atoms with Crippen molar-refractivity contribution in [2.45, 2.75) is 44.8 Å². The van der Waals surface area contributed by atoms with E-state index in [0.717, 1.165) is 18.4 Å². The summed E-state index contributed by atoms with van der Waals surface area (Å²) in [6.45, 7) is 2.05. The van der Waals surface area contributed by atoms with Crippen LogP contribution in [0.25, 0.3) is 0 Å². The number of carbonyl (C=O) groups is 1. The van der Waals surface area contributed by atoms with Crippen molar-refractivity contribution in [2.75, 3.05) is 0 Å². The predicted octanol–water partition coefficient (Wildman–Crippen LogP) is 2.89. The van der Waals surface area contributed by atoms with Crippen LogP contribution in [0.15, 0.2) is 30.3 Å². The molecule has 0 saturated carbocycles. The Labute approximate surface area is 108 Å². The molecule has 1 aromatic carbocycles. The number of ether oxygens (including phenoxy) is 1. The number of benzene rings is 1. The van der Waals surface area contributed by atoms with Crippen LogP contribution in [0.1, 0.15) is 31.7 Å². The molecule has 1 heterocycles. The summed E-state index contributed by atoms with van der Waals surface area (Å²) in [5, 5.41) is 9.31. The van der Waals surface area contributed by atoms with E-state index in [0.29, 0.717) is 12.8 Å². The average molecular weight is 248 g/mol. The van der Waals surface area contributed by atoms with Crippen molar-refractivity contribution in [3.05, 3.63) is 35.9 Å². The number of hydrogen-bond donors (Lipinski definition) is 1. The molecule has 1 aromatic rings. The van der Waals surface area contributed by atoms with Gasteiger partial charge in [0.15, 0.2) is 0 Å². The van der Waals surface area contributed by atoms with Crippen molar-refractivity contribution < 1.29 is 14.6 Å². The van der Waals surface area contributed by atoms with Gasteiger partial charge in [0.05, 0.1) is 18.1 Å². The third-order valence-corrected chi connectivity index (χ3v) is 3.54. The molecule has 0 spiro atoms. The van der Waals surface area contributed by atoms with Gasteiger partial charge in [-0.05, 0) is 38.2 Å². The summed E-state index contributed by atoms with van der Waals surface area (Å²) in [7, 11) is 0. The minimum absolute atomic E-state index is 0.116. The van der Waals surface area contributed by atoms with Gasteiger partial charge in [0, 0.05) is 0 Å². The Morgan fingerprint density at radius 2 is 2.11 bits per heavy atom. The van der Waals surface area contributed by atoms with Gasteiger partial charge in [-0.25, -0.2) is 0 Å². The molecule has 1 aliphatic heterocycles. The molecule has 2 rings (SSSR count). The number of carboxylic acids is 1. The normalized spacial score (nSPS) is 24.9. The topological polar surface area (TPSA) is 46.5 Å². The lowest BCUT2D eigenvalue weighted by molar-refractivity contribution is -0.143. The van der Waals surface area contributed by atoms with Crippen LogP contribution in [-0.2, 0) is 16.0 Å². The van der Waals surface area contributed by atoms with E-state index < -0.39 is 5.97 Å². The highest BCUT2D eigenvalue weighted by molar-refractivity contribution is 5.70. The van der Waals surface area contributed by atoms with E-state index in [-0.39, 0.29) is 18.1 Å².